The lowest BCUT2D eigenvalue weighted by atomic mass is 9.97. The van der Waals surface area contributed by atoms with Gasteiger partial charge in [0.15, 0.2) is 0 Å². The predicted octanol–water partition coefficient (Wildman–Crippen LogP) is 3.50. The molecule has 2 rings (SSSR count). The molecule has 0 amide bonds. The Balaban J connectivity index is 2.36. The molecule has 4 nitrogen and oxygen atoms in total. The average Bonchev–Trinajstić information content (AvgIpc) is 2.47. The molecule has 21 heavy (non-hydrogen) atoms. The Morgan fingerprint density at radius 1 is 1.52 bits per heavy atom. The van der Waals surface area contributed by atoms with Crippen molar-refractivity contribution in [2.45, 2.75) is 43.5 Å². The molecule has 1 aromatic rings. The zero-order chi connectivity index (χ0) is 15.2. The van der Waals surface area contributed by atoms with Gasteiger partial charge in [-0.05, 0) is 37.1 Å². The lowest BCUT2D eigenvalue weighted by molar-refractivity contribution is -0.137. The van der Waals surface area contributed by atoms with Gasteiger partial charge in [-0.15, -0.1) is 11.8 Å². The summed E-state index contributed by atoms with van der Waals surface area (Å²) in [6.45, 7) is 2.89. The molecule has 0 spiro atoms. The number of nitriles is 1. The number of carboxylic acids is 1. The number of carboxylic acid groups (broad SMARTS) is 1. The summed E-state index contributed by atoms with van der Waals surface area (Å²) in [7, 11) is 0. The zero-order valence-corrected chi connectivity index (χ0v) is 13.0. The number of benzene rings is 1. The number of nitrogens with zero attached hydrogens (tertiary/aromatic N) is 2. The van der Waals surface area contributed by atoms with E-state index < -0.39 is 5.97 Å². The van der Waals surface area contributed by atoms with Crippen LogP contribution in [0.4, 0.5) is 5.69 Å². The number of thioether (sulfide) groups is 1. The fraction of sp³-hybridized carbons (Fsp3) is 0.500. The first kappa shape index (κ1) is 15.7. The van der Waals surface area contributed by atoms with Gasteiger partial charge < -0.3 is 10.0 Å². The average molecular weight is 304 g/mol. The molecular weight excluding hydrogens is 284 g/mol. The summed E-state index contributed by atoms with van der Waals surface area (Å²) < 4.78 is 0. The van der Waals surface area contributed by atoms with Gasteiger partial charge in [-0.25, -0.2) is 0 Å². The minimum Gasteiger partial charge on any atom is -0.481 e. The second kappa shape index (κ2) is 7.37. The Labute approximate surface area is 129 Å². The lowest BCUT2D eigenvalue weighted by Gasteiger charge is -2.37. The van der Waals surface area contributed by atoms with Gasteiger partial charge in [0.1, 0.15) is 6.07 Å². The van der Waals surface area contributed by atoms with Crippen molar-refractivity contribution in [3.8, 4) is 6.07 Å². The summed E-state index contributed by atoms with van der Waals surface area (Å²) in [5.74, 6) is 0.140. The fourth-order valence-electron chi connectivity index (χ4n) is 2.88. The van der Waals surface area contributed by atoms with Crippen LogP contribution in [0, 0.1) is 11.3 Å². The summed E-state index contributed by atoms with van der Waals surface area (Å²) in [5, 5.41) is 18.6. The predicted molar refractivity (Wildman–Crippen MR) is 84.8 cm³/mol. The van der Waals surface area contributed by atoms with E-state index in [1.807, 2.05) is 18.2 Å². The largest absolute Gasteiger partial charge is 0.481 e. The maximum Gasteiger partial charge on any atom is 0.305 e. The standard InChI is InChI=1S/C16H20N2O2S/c1-2-21-15-8-5-7-14(13(15)11-17)18-9-4-3-6-12(18)10-16(19)20/h5,7-8,12H,2-4,6,9-10H2,1H3,(H,19,20). The number of aliphatic carboxylic acids is 1. The highest BCUT2D eigenvalue weighted by Gasteiger charge is 2.27. The SMILES string of the molecule is CCSc1cccc(N2CCCCC2CC(=O)O)c1C#N. The van der Waals surface area contributed by atoms with Gasteiger partial charge in [-0.2, -0.15) is 5.26 Å². The second-order valence-electron chi connectivity index (χ2n) is 5.14. The number of rotatable bonds is 5. The number of anilines is 1. The lowest BCUT2D eigenvalue weighted by Crippen LogP contribution is -2.41. The molecule has 5 heteroatoms. The maximum absolute atomic E-state index is 11.1. The van der Waals surface area contributed by atoms with Crippen LogP contribution in [0.5, 0.6) is 0 Å². The van der Waals surface area contributed by atoms with E-state index in [1.54, 1.807) is 11.8 Å². The zero-order valence-electron chi connectivity index (χ0n) is 12.2. The van der Waals surface area contributed by atoms with Crippen LogP contribution in [0.25, 0.3) is 0 Å². The van der Waals surface area contributed by atoms with Crippen LogP contribution in [-0.2, 0) is 4.79 Å². The van der Waals surface area contributed by atoms with Crippen LogP contribution >= 0.6 is 11.8 Å². The van der Waals surface area contributed by atoms with Crippen LogP contribution in [0.3, 0.4) is 0 Å². The highest BCUT2D eigenvalue weighted by molar-refractivity contribution is 7.99. The molecular formula is C16H20N2O2S. The van der Waals surface area contributed by atoms with Crippen molar-refractivity contribution in [2.75, 3.05) is 17.2 Å². The Bertz CT molecular complexity index is 554. The summed E-state index contributed by atoms with van der Waals surface area (Å²) >= 11 is 1.65. The van der Waals surface area contributed by atoms with Crippen molar-refractivity contribution in [1.29, 1.82) is 5.26 Å². The summed E-state index contributed by atoms with van der Waals surface area (Å²) in [4.78, 5) is 14.2. The summed E-state index contributed by atoms with van der Waals surface area (Å²) in [6.07, 6.45) is 3.12. The first-order valence-corrected chi connectivity index (χ1v) is 8.30. The van der Waals surface area contributed by atoms with Crippen LogP contribution in [0.2, 0.25) is 0 Å². The third kappa shape index (κ3) is 3.70. The topological polar surface area (TPSA) is 64.3 Å². The normalized spacial score (nSPS) is 18.3. The highest BCUT2D eigenvalue weighted by Crippen LogP contribution is 2.34. The molecule has 112 valence electrons. The fourth-order valence-corrected chi connectivity index (χ4v) is 3.66. The molecule has 1 aliphatic heterocycles. The minimum atomic E-state index is -0.774. The van der Waals surface area contributed by atoms with Gasteiger partial charge >= 0.3 is 5.97 Å². The summed E-state index contributed by atoms with van der Waals surface area (Å²) in [5.41, 5.74) is 1.57. The van der Waals surface area contributed by atoms with Gasteiger partial charge in [0.25, 0.3) is 0 Å². The monoisotopic (exact) mass is 304 g/mol. The van der Waals surface area contributed by atoms with Crippen molar-refractivity contribution in [3.05, 3.63) is 23.8 Å². The van der Waals surface area contributed by atoms with Crippen molar-refractivity contribution in [1.82, 2.24) is 0 Å². The summed E-state index contributed by atoms with van der Waals surface area (Å²) in [6, 6.07) is 8.17. The van der Waals surface area contributed by atoms with E-state index in [4.69, 9.17) is 5.11 Å². The number of carbonyl (C=O) groups is 1. The molecule has 1 fully saturated rings. The Kier molecular flexibility index (Phi) is 5.51. The molecule has 1 saturated heterocycles. The number of piperidine rings is 1. The van der Waals surface area contributed by atoms with Crippen molar-refractivity contribution in [2.24, 2.45) is 0 Å². The van der Waals surface area contributed by atoms with Gasteiger partial charge in [0.05, 0.1) is 17.7 Å². The van der Waals surface area contributed by atoms with Crippen LogP contribution in [0.1, 0.15) is 38.2 Å². The van der Waals surface area contributed by atoms with Gasteiger partial charge in [0.2, 0.25) is 0 Å². The Hall–Kier alpha value is -1.67. The first-order chi connectivity index (χ1) is 10.2. The Morgan fingerprint density at radius 3 is 3.00 bits per heavy atom. The van der Waals surface area contributed by atoms with E-state index in [2.05, 4.69) is 17.9 Å². The van der Waals surface area contributed by atoms with E-state index in [9.17, 15) is 10.1 Å². The van der Waals surface area contributed by atoms with E-state index in [-0.39, 0.29) is 12.5 Å². The molecule has 1 unspecified atom stereocenters. The van der Waals surface area contributed by atoms with Gasteiger partial charge in [0, 0.05) is 17.5 Å². The smallest absolute Gasteiger partial charge is 0.305 e. The molecule has 0 aromatic heterocycles. The van der Waals surface area contributed by atoms with Gasteiger partial charge in [-0.3, -0.25) is 4.79 Å². The molecule has 1 aromatic carbocycles. The van der Waals surface area contributed by atoms with E-state index >= 15 is 0 Å². The minimum absolute atomic E-state index is 0.00905. The molecule has 1 N–H and O–H groups in total. The highest BCUT2D eigenvalue weighted by atomic mass is 32.2. The molecule has 0 saturated carbocycles. The third-order valence-corrected chi connectivity index (χ3v) is 4.70. The quantitative estimate of drug-likeness (QED) is 0.843. The van der Waals surface area contributed by atoms with Crippen molar-refractivity contribution in [3.63, 3.8) is 0 Å². The van der Waals surface area contributed by atoms with Crippen LogP contribution in [-0.4, -0.2) is 29.4 Å². The Morgan fingerprint density at radius 2 is 2.33 bits per heavy atom. The van der Waals surface area contributed by atoms with E-state index in [1.165, 1.54) is 0 Å². The molecule has 0 bridgehead atoms. The first-order valence-electron chi connectivity index (χ1n) is 7.31. The van der Waals surface area contributed by atoms with Crippen LogP contribution < -0.4 is 4.90 Å². The number of hydrogen-bond donors (Lipinski definition) is 1. The molecule has 1 aliphatic rings. The third-order valence-electron chi connectivity index (χ3n) is 3.76. The van der Waals surface area contributed by atoms with E-state index in [0.29, 0.717) is 5.56 Å². The second-order valence-corrected chi connectivity index (χ2v) is 6.44. The van der Waals surface area contributed by atoms with Crippen LogP contribution in [0.15, 0.2) is 23.1 Å². The van der Waals surface area contributed by atoms with Gasteiger partial charge in [-0.1, -0.05) is 13.0 Å². The molecule has 0 radical (unpaired) electrons. The van der Waals surface area contributed by atoms with E-state index in [0.717, 1.165) is 42.1 Å². The maximum atomic E-state index is 11.1. The number of hydrogen-bond acceptors (Lipinski definition) is 4. The van der Waals surface area contributed by atoms with Crippen molar-refractivity contribution >= 4 is 23.4 Å². The van der Waals surface area contributed by atoms with Crippen molar-refractivity contribution < 1.29 is 9.90 Å². The molecule has 1 atom stereocenters. The molecule has 1 heterocycles. The molecule has 0 aliphatic carbocycles.